The smallest absolute Gasteiger partial charge is 0.387 e. The average Bonchev–Trinajstić information content (AvgIpc) is 2.13. The van der Waals surface area contributed by atoms with Crippen molar-refractivity contribution in [3.05, 3.63) is 0 Å². The molecule has 0 fully saturated rings. The minimum Gasteiger partial charge on any atom is -0.387 e. The van der Waals surface area contributed by atoms with E-state index >= 15 is 0 Å². The number of aliphatic hydroxyl groups excluding tert-OH is 1. The lowest BCUT2D eigenvalue weighted by Gasteiger charge is -2.34. The number of aliphatic hydroxyl groups is 1. The van der Waals surface area contributed by atoms with E-state index in [0.717, 1.165) is 0 Å². The van der Waals surface area contributed by atoms with E-state index in [1.165, 1.54) is 0 Å². The SMILES string of the molecule is C[C@H](O)C(F)(F)[C@@H](F)C(F)(F)C(F)(F)C(F)(F)F. The fourth-order valence-electron chi connectivity index (χ4n) is 0.802. The first-order valence-corrected chi connectivity index (χ1v) is 4.12. The van der Waals surface area contributed by atoms with E-state index in [2.05, 4.69) is 0 Å². The van der Waals surface area contributed by atoms with Crippen molar-refractivity contribution in [2.75, 3.05) is 0 Å². The predicted molar refractivity (Wildman–Crippen MR) is 37.5 cm³/mol. The highest BCUT2D eigenvalue weighted by atomic mass is 19.4. The molecule has 0 aromatic rings. The van der Waals surface area contributed by atoms with Crippen molar-refractivity contribution in [2.45, 2.75) is 43.1 Å². The summed E-state index contributed by atoms with van der Waals surface area (Å²) in [5, 5.41) is 8.23. The van der Waals surface area contributed by atoms with Gasteiger partial charge in [-0.05, 0) is 6.92 Å². The Hall–Kier alpha value is -0.740. The second kappa shape index (κ2) is 4.42. The van der Waals surface area contributed by atoms with Gasteiger partial charge in [0.05, 0.1) is 0 Å². The van der Waals surface area contributed by atoms with Gasteiger partial charge in [0.25, 0.3) is 0 Å². The molecular weight excluding hydrogens is 290 g/mol. The topological polar surface area (TPSA) is 20.2 Å². The number of rotatable bonds is 4. The van der Waals surface area contributed by atoms with Gasteiger partial charge >= 0.3 is 23.9 Å². The maximum atomic E-state index is 12.6. The maximum absolute atomic E-state index is 12.6. The van der Waals surface area contributed by atoms with Crippen molar-refractivity contribution in [2.24, 2.45) is 0 Å². The summed E-state index contributed by atoms with van der Waals surface area (Å²) in [5.41, 5.74) is 0. The Morgan fingerprint density at radius 3 is 1.39 bits per heavy atom. The standard InChI is InChI=1S/C7H6F10O/c1-2(18)4(9,10)3(8)5(11,12)6(13,14)7(15,16)17/h2-3,18H,1H3/t2-,3+/m0/s1. The number of alkyl halides is 10. The normalized spacial score (nSPS) is 18.7. The van der Waals surface area contributed by atoms with Crippen LogP contribution in [0, 0.1) is 0 Å². The lowest BCUT2D eigenvalue weighted by atomic mass is 9.98. The van der Waals surface area contributed by atoms with Crippen LogP contribution in [0.1, 0.15) is 6.92 Å². The van der Waals surface area contributed by atoms with E-state index in [1.807, 2.05) is 0 Å². The Morgan fingerprint density at radius 1 is 0.833 bits per heavy atom. The molecule has 0 radical (unpaired) electrons. The summed E-state index contributed by atoms with van der Waals surface area (Å²) < 4.78 is 122. The average molecular weight is 296 g/mol. The first kappa shape index (κ1) is 17.3. The summed E-state index contributed by atoms with van der Waals surface area (Å²) in [7, 11) is 0. The van der Waals surface area contributed by atoms with Crippen LogP contribution >= 0.6 is 0 Å². The van der Waals surface area contributed by atoms with Crippen molar-refractivity contribution in [3.63, 3.8) is 0 Å². The zero-order valence-electron chi connectivity index (χ0n) is 8.38. The predicted octanol–water partition coefficient (Wildman–Crippen LogP) is 3.17. The summed E-state index contributed by atoms with van der Waals surface area (Å²) in [6.07, 6.45) is -15.3. The van der Waals surface area contributed by atoms with Crippen molar-refractivity contribution < 1.29 is 49.0 Å². The Labute approximate surface area is 93.4 Å². The van der Waals surface area contributed by atoms with E-state index in [9.17, 15) is 43.9 Å². The zero-order chi connectivity index (χ0) is 15.2. The number of hydrogen-bond donors (Lipinski definition) is 1. The number of halogens is 10. The van der Waals surface area contributed by atoms with Gasteiger partial charge in [-0.3, -0.25) is 0 Å². The molecule has 1 nitrogen and oxygen atoms in total. The highest BCUT2D eigenvalue weighted by Gasteiger charge is 2.79. The molecule has 0 rings (SSSR count). The van der Waals surface area contributed by atoms with E-state index in [0.29, 0.717) is 0 Å². The van der Waals surface area contributed by atoms with Crippen molar-refractivity contribution in [3.8, 4) is 0 Å². The van der Waals surface area contributed by atoms with Gasteiger partial charge < -0.3 is 5.11 Å². The van der Waals surface area contributed by atoms with Crippen LogP contribution in [0.15, 0.2) is 0 Å². The van der Waals surface area contributed by atoms with Crippen LogP contribution < -0.4 is 0 Å². The molecule has 0 aromatic heterocycles. The summed E-state index contributed by atoms with van der Waals surface area (Å²) in [4.78, 5) is 0. The van der Waals surface area contributed by atoms with Crippen molar-refractivity contribution in [1.29, 1.82) is 0 Å². The first-order valence-electron chi connectivity index (χ1n) is 4.12. The summed E-state index contributed by atoms with van der Waals surface area (Å²) >= 11 is 0. The molecule has 0 spiro atoms. The van der Waals surface area contributed by atoms with Crippen LogP contribution in [0.25, 0.3) is 0 Å². The molecule has 0 unspecified atom stereocenters. The minimum absolute atomic E-state index is 0.0639. The van der Waals surface area contributed by atoms with Crippen LogP contribution in [0.3, 0.4) is 0 Å². The molecule has 11 heteroatoms. The Kier molecular flexibility index (Phi) is 4.24. The third-order valence-corrected chi connectivity index (χ3v) is 1.99. The van der Waals surface area contributed by atoms with Gasteiger partial charge in [-0.2, -0.15) is 30.7 Å². The first-order chi connectivity index (χ1) is 7.60. The summed E-state index contributed by atoms with van der Waals surface area (Å²) in [5.74, 6) is -19.2. The molecular formula is C7H6F10O. The van der Waals surface area contributed by atoms with Gasteiger partial charge in [0.1, 0.15) is 6.10 Å². The monoisotopic (exact) mass is 296 g/mol. The van der Waals surface area contributed by atoms with E-state index < -0.39 is 36.2 Å². The van der Waals surface area contributed by atoms with Gasteiger partial charge in [0, 0.05) is 0 Å². The Morgan fingerprint density at radius 2 is 1.17 bits per heavy atom. The molecule has 0 bridgehead atoms. The maximum Gasteiger partial charge on any atom is 0.459 e. The van der Waals surface area contributed by atoms with Gasteiger partial charge in [0.2, 0.25) is 6.17 Å². The zero-order valence-corrected chi connectivity index (χ0v) is 8.38. The Bertz CT molecular complexity index is 293. The molecule has 0 saturated carbocycles. The van der Waals surface area contributed by atoms with Gasteiger partial charge in [-0.1, -0.05) is 0 Å². The molecule has 0 aliphatic heterocycles. The van der Waals surface area contributed by atoms with E-state index in [-0.39, 0.29) is 6.92 Å². The number of hydrogen-bond acceptors (Lipinski definition) is 1. The molecule has 0 amide bonds. The molecule has 0 saturated heterocycles. The fraction of sp³-hybridized carbons (Fsp3) is 1.00. The van der Waals surface area contributed by atoms with Crippen LogP contribution in [0.2, 0.25) is 0 Å². The van der Waals surface area contributed by atoms with Gasteiger partial charge in [-0.25, -0.2) is 13.2 Å². The molecule has 1 N–H and O–H groups in total. The van der Waals surface area contributed by atoms with Gasteiger partial charge in [-0.15, -0.1) is 0 Å². The second-order valence-corrected chi connectivity index (χ2v) is 3.41. The van der Waals surface area contributed by atoms with Crippen LogP contribution in [-0.4, -0.2) is 41.3 Å². The largest absolute Gasteiger partial charge is 0.459 e. The van der Waals surface area contributed by atoms with Crippen LogP contribution in [0.4, 0.5) is 43.9 Å². The molecule has 110 valence electrons. The molecule has 0 aliphatic rings. The van der Waals surface area contributed by atoms with E-state index in [1.54, 1.807) is 0 Å². The lowest BCUT2D eigenvalue weighted by Crippen LogP contribution is -2.62. The van der Waals surface area contributed by atoms with Crippen molar-refractivity contribution in [1.82, 2.24) is 0 Å². The minimum atomic E-state index is -7.00. The molecule has 18 heavy (non-hydrogen) atoms. The molecule has 0 heterocycles. The Balaban J connectivity index is 5.54. The van der Waals surface area contributed by atoms with Gasteiger partial charge in [0.15, 0.2) is 0 Å². The van der Waals surface area contributed by atoms with E-state index in [4.69, 9.17) is 5.11 Å². The van der Waals surface area contributed by atoms with Crippen LogP contribution in [0.5, 0.6) is 0 Å². The lowest BCUT2D eigenvalue weighted by molar-refractivity contribution is -0.380. The summed E-state index contributed by atoms with van der Waals surface area (Å²) in [6, 6.07) is 0. The highest BCUT2D eigenvalue weighted by molar-refractivity contribution is 5.02. The quantitative estimate of drug-likeness (QED) is 0.790. The summed E-state index contributed by atoms with van der Waals surface area (Å²) in [6.45, 7) is 0.0639. The third kappa shape index (κ3) is 2.50. The third-order valence-electron chi connectivity index (χ3n) is 1.99. The molecule has 0 aromatic carbocycles. The molecule has 2 atom stereocenters. The van der Waals surface area contributed by atoms with Crippen molar-refractivity contribution >= 4 is 0 Å². The second-order valence-electron chi connectivity index (χ2n) is 3.41. The van der Waals surface area contributed by atoms with Crippen LogP contribution in [-0.2, 0) is 0 Å². The molecule has 0 aliphatic carbocycles. The highest BCUT2D eigenvalue weighted by Crippen LogP contribution is 2.51. The fourth-order valence-corrected chi connectivity index (χ4v) is 0.802.